The third-order valence-corrected chi connectivity index (χ3v) is 4.83. The van der Waals surface area contributed by atoms with Crippen LogP contribution in [0, 0.1) is 11.3 Å². The first-order valence-corrected chi connectivity index (χ1v) is 6.91. The van der Waals surface area contributed by atoms with Crippen LogP contribution in [0.5, 0.6) is 0 Å². The molecule has 0 aromatic rings. The molecule has 3 atom stereocenters. The van der Waals surface area contributed by atoms with Crippen molar-refractivity contribution in [3.8, 4) is 0 Å². The summed E-state index contributed by atoms with van der Waals surface area (Å²) in [4.78, 5) is 0. The van der Waals surface area contributed by atoms with E-state index >= 15 is 0 Å². The summed E-state index contributed by atoms with van der Waals surface area (Å²) in [6.45, 7) is 4.72. The lowest BCUT2D eigenvalue weighted by Gasteiger charge is -2.46. The summed E-state index contributed by atoms with van der Waals surface area (Å²) < 4.78 is 0. The van der Waals surface area contributed by atoms with E-state index in [0.717, 1.165) is 0 Å². The Hall–Kier alpha value is -1.50. The van der Waals surface area contributed by atoms with E-state index in [2.05, 4.69) is 55.6 Å². The molecule has 1 heteroatoms. The first-order chi connectivity index (χ1) is 8.66. The van der Waals surface area contributed by atoms with Crippen molar-refractivity contribution < 1.29 is 0 Å². The molecule has 3 unspecified atom stereocenters. The Kier molecular flexibility index (Phi) is 1.90. The molecular weight excluding hydrogens is 218 g/mol. The molecule has 0 aromatic heterocycles. The summed E-state index contributed by atoms with van der Waals surface area (Å²) in [6, 6.07) is 0.377. The second-order valence-corrected chi connectivity index (χ2v) is 6.40. The van der Waals surface area contributed by atoms with Gasteiger partial charge in [-0.3, -0.25) is 0 Å². The molecule has 6 bridgehead atoms. The molecule has 0 aromatic carbocycles. The Bertz CT molecular complexity index is 570. The fourth-order valence-electron chi connectivity index (χ4n) is 4.13. The highest BCUT2D eigenvalue weighted by Crippen LogP contribution is 2.51. The fourth-order valence-corrected chi connectivity index (χ4v) is 4.13. The number of hydrogen-bond donors (Lipinski definition) is 1. The Morgan fingerprint density at radius 2 is 2.22 bits per heavy atom. The predicted octanol–water partition coefficient (Wildman–Crippen LogP) is 3.64. The van der Waals surface area contributed by atoms with E-state index in [-0.39, 0.29) is 0 Å². The minimum Gasteiger partial charge on any atom is -0.378 e. The molecule has 0 radical (unpaired) electrons. The van der Waals surface area contributed by atoms with Gasteiger partial charge in [0, 0.05) is 11.6 Å². The van der Waals surface area contributed by atoms with Crippen LogP contribution in [0.25, 0.3) is 0 Å². The molecule has 5 aliphatic rings. The molecule has 0 amide bonds. The van der Waals surface area contributed by atoms with E-state index in [9.17, 15) is 0 Å². The summed E-state index contributed by atoms with van der Waals surface area (Å²) in [5.74, 6) is 0.568. The zero-order valence-corrected chi connectivity index (χ0v) is 11.0. The van der Waals surface area contributed by atoms with Gasteiger partial charge in [-0.1, -0.05) is 42.9 Å². The van der Waals surface area contributed by atoms with Gasteiger partial charge in [-0.2, -0.15) is 0 Å². The maximum atomic E-state index is 3.70. The molecule has 0 spiro atoms. The van der Waals surface area contributed by atoms with Crippen LogP contribution < -0.4 is 5.32 Å². The first kappa shape index (κ1) is 10.4. The van der Waals surface area contributed by atoms with Gasteiger partial charge in [0.2, 0.25) is 0 Å². The SMILES string of the molecule is CC1=CC2=C3C=CC(CC3(C)C1)C1=CC=CC2N1. The fraction of sp³-hybridized carbons (Fsp3) is 0.412. The van der Waals surface area contributed by atoms with Crippen LogP contribution in [-0.2, 0) is 0 Å². The van der Waals surface area contributed by atoms with E-state index in [1.165, 1.54) is 29.7 Å². The van der Waals surface area contributed by atoms with Crippen LogP contribution in [0.1, 0.15) is 26.7 Å². The van der Waals surface area contributed by atoms with E-state index < -0.39 is 0 Å². The topological polar surface area (TPSA) is 12.0 Å². The van der Waals surface area contributed by atoms with Gasteiger partial charge < -0.3 is 5.32 Å². The number of dihydropyridines is 1. The monoisotopic (exact) mass is 237 g/mol. The molecule has 0 saturated heterocycles. The zero-order valence-electron chi connectivity index (χ0n) is 11.0. The Labute approximate surface area is 109 Å². The lowest BCUT2D eigenvalue weighted by atomic mass is 9.61. The molecule has 1 nitrogen and oxygen atoms in total. The van der Waals surface area contributed by atoms with Gasteiger partial charge in [0.15, 0.2) is 0 Å². The van der Waals surface area contributed by atoms with Crippen molar-refractivity contribution in [3.05, 3.63) is 58.9 Å². The largest absolute Gasteiger partial charge is 0.378 e. The van der Waals surface area contributed by atoms with Gasteiger partial charge in [-0.05, 0) is 42.4 Å². The van der Waals surface area contributed by atoms with E-state index in [4.69, 9.17) is 0 Å². The van der Waals surface area contributed by atoms with Gasteiger partial charge in [-0.15, -0.1) is 0 Å². The zero-order chi connectivity index (χ0) is 12.3. The van der Waals surface area contributed by atoms with Crippen molar-refractivity contribution in [2.24, 2.45) is 11.3 Å². The Balaban J connectivity index is 2.00. The summed E-state index contributed by atoms with van der Waals surface area (Å²) in [5.41, 5.74) is 6.32. The van der Waals surface area contributed by atoms with Crippen molar-refractivity contribution in [3.63, 3.8) is 0 Å². The third kappa shape index (κ3) is 1.28. The van der Waals surface area contributed by atoms with Crippen molar-refractivity contribution in [1.29, 1.82) is 0 Å². The smallest absolute Gasteiger partial charge is 0.0701 e. The average Bonchev–Trinajstić information content (AvgIpc) is 2.35. The standard InChI is InChI=1S/C17H19N/c1-11-8-13-14-7-6-12(10-17(14,2)9-11)15-4-3-5-16(13)18-15/h3-8,12,16,18H,9-10H2,1-2H3. The summed E-state index contributed by atoms with van der Waals surface area (Å²) in [7, 11) is 0. The molecule has 18 heavy (non-hydrogen) atoms. The van der Waals surface area contributed by atoms with Gasteiger partial charge in [-0.25, -0.2) is 0 Å². The molecule has 5 rings (SSSR count). The van der Waals surface area contributed by atoms with Crippen LogP contribution in [0.15, 0.2) is 58.9 Å². The normalized spacial score (nSPS) is 39.9. The molecule has 2 aliphatic carbocycles. The van der Waals surface area contributed by atoms with Crippen molar-refractivity contribution in [1.82, 2.24) is 5.32 Å². The van der Waals surface area contributed by atoms with E-state index in [1.807, 2.05) is 0 Å². The van der Waals surface area contributed by atoms with Crippen LogP contribution in [0.2, 0.25) is 0 Å². The summed E-state index contributed by atoms with van der Waals surface area (Å²) in [6.07, 6.45) is 16.4. The number of rotatable bonds is 0. The minimum atomic E-state index is 0.345. The Morgan fingerprint density at radius 1 is 1.33 bits per heavy atom. The summed E-state index contributed by atoms with van der Waals surface area (Å²) in [5, 5.41) is 3.70. The molecule has 0 saturated carbocycles. The highest BCUT2D eigenvalue weighted by molar-refractivity contribution is 5.53. The molecule has 1 N–H and O–H groups in total. The number of allylic oxidation sites excluding steroid dienone is 6. The van der Waals surface area contributed by atoms with E-state index in [1.54, 1.807) is 5.57 Å². The van der Waals surface area contributed by atoms with Crippen molar-refractivity contribution >= 4 is 0 Å². The third-order valence-electron chi connectivity index (χ3n) is 4.83. The average molecular weight is 237 g/mol. The summed E-state index contributed by atoms with van der Waals surface area (Å²) >= 11 is 0. The maximum Gasteiger partial charge on any atom is 0.0701 e. The first-order valence-electron chi connectivity index (χ1n) is 6.91. The minimum absolute atomic E-state index is 0.345. The molecular formula is C17H19N. The second-order valence-electron chi connectivity index (χ2n) is 6.40. The van der Waals surface area contributed by atoms with Gasteiger partial charge in [0.1, 0.15) is 0 Å². The van der Waals surface area contributed by atoms with Gasteiger partial charge in [0.05, 0.1) is 6.04 Å². The number of hydrogen-bond acceptors (Lipinski definition) is 1. The van der Waals surface area contributed by atoms with Crippen LogP contribution in [-0.4, -0.2) is 6.04 Å². The highest BCUT2D eigenvalue weighted by Gasteiger charge is 2.41. The number of nitrogens with one attached hydrogen (secondary N) is 1. The second kappa shape index (κ2) is 3.28. The predicted molar refractivity (Wildman–Crippen MR) is 74.9 cm³/mol. The molecule has 3 heterocycles. The van der Waals surface area contributed by atoms with Gasteiger partial charge >= 0.3 is 0 Å². The van der Waals surface area contributed by atoms with E-state index in [0.29, 0.717) is 17.4 Å². The van der Waals surface area contributed by atoms with Crippen LogP contribution in [0.3, 0.4) is 0 Å². The molecule has 92 valence electrons. The van der Waals surface area contributed by atoms with Crippen LogP contribution >= 0.6 is 0 Å². The molecule has 0 fully saturated rings. The lowest BCUT2D eigenvalue weighted by Crippen LogP contribution is -2.42. The lowest BCUT2D eigenvalue weighted by molar-refractivity contribution is 0.304. The molecule has 3 aliphatic heterocycles. The maximum absolute atomic E-state index is 3.70. The van der Waals surface area contributed by atoms with Crippen LogP contribution in [0.4, 0.5) is 0 Å². The Morgan fingerprint density at radius 3 is 3.11 bits per heavy atom. The highest BCUT2D eigenvalue weighted by atomic mass is 14.9. The van der Waals surface area contributed by atoms with Crippen molar-refractivity contribution in [2.45, 2.75) is 32.7 Å². The van der Waals surface area contributed by atoms with Crippen molar-refractivity contribution in [2.75, 3.05) is 0 Å². The quantitative estimate of drug-likeness (QED) is 0.678. The van der Waals surface area contributed by atoms with Gasteiger partial charge in [0.25, 0.3) is 0 Å².